The van der Waals surface area contributed by atoms with Crippen molar-refractivity contribution in [1.29, 1.82) is 0 Å². The lowest BCUT2D eigenvalue weighted by Gasteiger charge is -2.33. The van der Waals surface area contributed by atoms with Crippen molar-refractivity contribution in [2.24, 2.45) is 0 Å². The molecule has 1 heterocycles. The molecule has 0 aromatic heterocycles. The van der Waals surface area contributed by atoms with Crippen molar-refractivity contribution >= 4 is 21.6 Å². The van der Waals surface area contributed by atoms with Crippen molar-refractivity contribution in [1.82, 2.24) is 9.21 Å². The number of sulfonamides is 1. The van der Waals surface area contributed by atoms with Gasteiger partial charge in [-0.15, -0.1) is 0 Å². The number of hydrogen-bond donors (Lipinski definition) is 1. The topological polar surface area (TPSA) is 88.2 Å². The molecule has 174 valence electrons. The highest BCUT2D eigenvalue weighted by molar-refractivity contribution is 7.89. The second-order valence-corrected chi connectivity index (χ2v) is 9.96. The summed E-state index contributed by atoms with van der Waals surface area (Å²) in [6, 6.07) is 12.3. The molecule has 8 nitrogen and oxygen atoms in total. The molecule has 0 aliphatic carbocycles. The van der Waals surface area contributed by atoms with Crippen LogP contribution in [0.1, 0.15) is 25.3 Å². The molecule has 0 spiro atoms. The third-order valence-corrected chi connectivity index (χ3v) is 7.46. The van der Waals surface area contributed by atoms with E-state index in [2.05, 4.69) is 19.2 Å². The van der Waals surface area contributed by atoms with Gasteiger partial charge in [-0.2, -0.15) is 4.31 Å². The van der Waals surface area contributed by atoms with Crippen LogP contribution >= 0.6 is 0 Å². The minimum absolute atomic E-state index is 0.169. The number of amides is 1. The van der Waals surface area contributed by atoms with Gasteiger partial charge in [0, 0.05) is 37.9 Å². The minimum Gasteiger partial charge on any atom is -0.493 e. The Kier molecular flexibility index (Phi) is 7.76. The van der Waals surface area contributed by atoms with Crippen LogP contribution in [0.25, 0.3) is 0 Å². The molecule has 1 N–H and O–H groups in total. The van der Waals surface area contributed by atoms with E-state index in [4.69, 9.17) is 9.47 Å². The fourth-order valence-electron chi connectivity index (χ4n) is 3.62. The monoisotopic (exact) mass is 461 g/mol. The zero-order valence-corrected chi connectivity index (χ0v) is 19.8. The number of hydrogen-bond acceptors (Lipinski definition) is 6. The van der Waals surface area contributed by atoms with Gasteiger partial charge in [0.1, 0.15) is 0 Å². The van der Waals surface area contributed by atoms with Gasteiger partial charge in [0.05, 0.1) is 25.7 Å². The van der Waals surface area contributed by atoms with E-state index in [-0.39, 0.29) is 12.5 Å². The average Bonchev–Trinajstić information content (AvgIpc) is 2.79. The lowest BCUT2D eigenvalue weighted by Crippen LogP contribution is -2.50. The Bertz CT molecular complexity index is 1030. The summed E-state index contributed by atoms with van der Waals surface area (Å²) < 4.78 is 37.9. The molecule has 2 aromatic carbocycles. The van der Waals surface area contributed by atoms with E-state index in [1.165, 1.54) is 11.4 Å². The maximum atomic E-state index is 13.0. The highest BCUT2D eigenvalue weighted by Crippen LogP contribution is 2.29. The van der Waals surface area contributed by atoms with Gasteiger partial charge in [0.15, 0.2) is 11.5 Å². The SMILES string of the molecule is COc1ccc(NC(=O)CN2CCN(S(=O)(=O)c3ccc(C(C)C)cc3)CC2)cc1OC. The Morgan fingerprint density at radius 1 is 0.969 bits per heavy atom. The number of rotatable bonds is 8. The first-order valence-corrected chi connectivity index (χ1v) is 12.0. The lowest BCUT2D eigenvalue weighted by atomic mass is 10.0. The molecule has 0 saturated carbocycles. The fourth-order valence-corrected chi connectivity index (χ4v) is 5.04. The lowest BCUT2D eigenvalue weighted by molar-refractivity contribution is -0.117. The Morgan fingerprint density at radius 2 is 1.59 bits per heavy atom. The van der Waals surface area contributed by atoms with Crippen LogP contribution in [-0.2, 0) is 14.8 Å². The molecular weight excluding hydrogens is 430 g/mol. The van der Waals surface area contributed by atoms with Gasteiger partial charge in [-0.25, -0.2) is 8.42 Å². The summed E-state index contributed by atoms with van der Waals surface area (Å²) in [5.74, 6) is 1.30. The van der Waals surface area contributed by atoms with E-state index < -0.39 is 10.0 Å². The van der Waals surface area contributed by atoms with Gasteiger partial charge in [-0.1, -0.05) is 26.0 Å². The molecule has 0 unspecified atom stereocenters. The van der Waals surface area contributed by atoms with Crippen LogP contribution in [0.5, 0.6) is 11.5 Å². The van der Waals surface area contributed by atoms with Crippen LogP contribution in [0.2, 0.25) is 0 Å². The number of nitrogens with zero attached hydrogens (tertiary/aromatic N) is 2. The van der Waals surface area contributed by atoms with Crippen molar-refractivity contribution in [3.8, 4) is 11.5 Å². The predicted molar refractivity (Wildman–Crippen MR) is 124 cm³/mol. The number of nitrogens with one attached hydrogen (secondary N) is 1. The Morgan fingerprint density at radius 3 is 2.16 bits per heavy atom. The summed E-state index contributed by atoms with van der Waals surface area (Å²) in [4.78, 5) is 14.7. The van der Waals surface area contributed by atoms with Gasteiger partial charge in [-0.05, 0) is 35.7 Å². The van der Waals surface area contributed by atoms with Gasteiger partial charge in [0.25, 0.3) is 0 Å². The second kappa shape index (κ2) is 10.3. The quantitative estimate of drug-likeness (QED) is 0.650. The smallest absolute Gasteiger partial charge is 0.243 e. The fraction of sp³-hybridized carbons (Fsp3) is 0.435. The van der Waals surface area contributed by atoms with Crippen molar-refractivity contribution < 1.29 is 22.7 Å². The third kappa shape index (κ3) is 5.59. The molecule has 1 saturated heterocycles. The summed E-state index contributed by atoms with van der Waals surface area (Å²) >= 11 is 0. The minimum atomic E-state index is -3.54. The highest BCUT2D eigenvalue weighted by Gasteiger charge is 2.29. The van der Waals surface area contributed by atoms with Crippen molar-refractivity contribution in [3.63, 3.8) is 0 Å². The number of benzene rings is 2. The molecule has 1 amide bonds. The van der Waals surface area contributed by atoms with Gasteiger partial charge in [0.2, 0.25) is 15.9 Å². The number of anilines is 1. The normalized spacial score (nSPS) is 15.5. The summed E-state index contributed by atoms with van der Waals surface area (Å²) in [6.07, 6.45) is 0. The van der Waals surface area contributed by atoms with Gasteiger partial charge in [-0.3, -0.25) is 9.69 Å². The molecule has 1 aliphatic rings. The maximum Gasteiger partial charge on any atom is 0.243 e. The molecule has 0 bridgehead atoms. The molecule has 2 aromatic rings. The van der Waals surface area contributed by atoms with E-state index in [9.17, 15) is 13.2 Å². The Labute approximate surface area is 190 Å². The van der Waals surface area contributed by atoms with Crippen LogP contribution in [0.15, 0.2) is 47.4 Å². The summed E-state index contributed by atoms with van der Waals surface area (Å²) in [5, 5.41) is 2.85. The van der Waals surface area contributed by atoms with Crippen LogP contribution in [0.3, 0.4) is 0 Å². The Balaban J connectivity index is 1.54. The molecule has 1 aliphatic heterocycles. The number of carbonyl (C=O) groups is 1. The molecule has 1 fully saturated rings. The van der Waals surface area contributed by atoms with Crippen LogP contribution < -0.4 is 14.8 Å². The van der Waals surface area contributed by atoms with Crippen LogP contribution in [0, 0.1) is 0 Å². The maximum absolute atomic E-state index is 13.0. The van der Waals surface area contributed by atoms with Gasteiger partial charge >= 0.3 is 0 Å². The molecule has 9 heteroatoms. The number of methoxy groups -OCH3 is 2. The van der Waals surface area contributed by atoms with Crippen molar-refractivity contribution in [3.05, 3.63) is 48.0 Å². The van der Waals surface area contributed by atoms with E-state index in [1.807, 2.05) is 17.0 Å². The first kappa shape index (κ1) is 24.0. The number of ether oxygens (including phenoxy) is 2. The van der Waals surface area contributed by atoms with Crippen LogP contribution in [0.4, 0.5) is 5.69 Å². The third-order valence-electron chi connectivity index (χ3n) is 5.55. The van der Waals surface area contributed by atoms with Crippen molar-refractivity contribution in [2.75, 3.05) is 52.3 Å². The molecule has 32 heavy (non-hydrogen) atoms. The van der Waals surface area contributed by atoms with E-state index >= 15 is 0 Å². The highest BCUT2D eigenvalue weighted by atomic mass is 32.2. The molecule has 3 rings (SSSR count). The Hall–Kier alpha value is -2.62. The first-order valence-electron chi connectivity index (χ1n) is 10.6. The zero-order chi connectivity index (χ0) is 23.3. The second-order valence-electron chi connectivity index (χ2n) is 8.02. The molecular formula is C23H31N3O5S. The van der Waals surface area contributed by atoms with Gasteiger partial charge < -0.3 is 14.8 Å². The first-order chi connectivity index (χ1) is 15.2. The van der Waals surface area contributed by atoms with E-state index in [0.29, 0.717) is 54.2 Å². The molecule has 0 atom stereocenters. The number of piperazine rings is 1. The largest absolute Gasteiger partial charge is 0.493 e. The standard InChI is InChI=1S/C23H31N3O5S/c1-17(2)18-5-8-20(9-6-18)32(28,29)26-13-11-25(12-14-26)16-23(27)24-19-7-10-21(30-3)22(15-19)31-4/h5-10,15,17H,11-14,16H2,1-4H3,(H,24,27). The zero-order valence-electron chi connectivity index (χ0n) is 19.0. The average molecular weight is 462 g/mol. The summed E-state index contributed by atoms with van der Waals surface area (Å²) in [7, 11) is -0.449. The number of carbonyl (C=O) groups excluding carboxylic acids is 1. The summed E-state index contributed by atoms with van der Waals surface area (Å²) in [5.41, 5.74) is 1.72. The predicted octanol–water partition coefficient (Wildman–Crippen LogP) is 2.77. The summed E-state index contributed by atoms with van der Waals surface area (Å²) in [6.45, 7) is 6.00. The van der Waals surface area contributed by atoms with Crippen LogP contribution in [-0.4, -0.2) is 70.5 Å². The van der Waals surface area contributed by atoms with E-state index in [1.54, 1.807) is 37.4 Å². The molecule has 0 radical (unpaired) electrons. The van der Waals surface area contributed by atoms with Crippen molar-refractivity contribution in [2.45, 2.75) is 24.7 Å². The van der Waals surface area contributed by atoms with E-state index in [0.717, 1.165) is 5.56 Å².